The first-order valence-electron chi connectivity index (χ1n) is 6.40. The minimum atomic E-state index is -0.483. The summed E-state index contributed by atoms with van der Waals surface area (Å²) in [5.74, 6) is -0.278. The van der Waals surface area contributed by atoms with Gasteiger partial charge >= 0.3 is 0 Å². The smallest absolute Gasteiger partial charge is 0.267 e. The van der Waals surface area contributed by atoms with Crippen molar-refractivity contribution in [2.75, 3.05) is 0 Å². The third-order valence-electron chi connectivity index (χ3n) is 3.29. The second-order valence-corrected chi connectivity index (χ2v) is 5.70. The van der Waals surface area contributed by atoms with Crippen LogP contribution in [0.5, 0.6) is 0 Å². The second kappa shape index (κ2) is 5.34. The fourth-order valence-electron chi connectivity index (χ4n) is 2.24. The minimum absolute atomic E-state index is 0.0601. The molecule has 0 amide bonds. The van der Waals surface area contributed by atoms with Crippen LogP contribution >= 0.6 is 15.9 Å². The van der Waals surface area contributed by atoms with Crippen LogP contribution in [0.3, 0.4) is 0 Å². The Balaban J connectivity index is 2.14. The van der Waals surface area contributed by atoms with E-state index in [1.807, 2.05) is 13.0 Å². The van der Waals surface area contributed by atoms with Gasteiger partial charge < -0.3 is 0 Å². The monoisotopic (exact) mass is 359 g/mol. The van der Waals surface area contributed by atoms with Crippen LogP contribution < -0.4 is 0 Å². The van der Waals surface area contributed by atoms with Crippen molar-refractivity contribution >= 4 is 38.4 Å². The van der Waals surface area contributed by atoms with E-state index >= 15 is 0 Å². The van der Waals surface area contributed by atoms with E-state index < -0.39 is 4.92 Å². The van der Waals surface area contributed by atoms with Crippen molar-refractivity contribution in [3.05, 3.63) is 68.3 Å². The molecule has 110 valence electrons. The lowest BCUT2D eigenvalue weighted by Crippen LogP contribution is -2.13. The standard InChI is InChI=1S/C15H10BrN3O3/c1-9-3-2-4-10(5-9)15(20)18-13-7-12(16)14(19(21)22)6-11(13)8-17-18/h2-8H,1H3. The van der Waals surface area contributed by atoms with Crippen molar-refractivity contribution < 1.29 is 9.72 Å². The first kappa shape index (κ1) is 14.4. The first-order chi connectivity index (χ1) is 10.5. The minimum Gasteiger partial charge on any atom is -0.267 e. The summed E-state index contributed by atoms with van der Waals surface area (Å²) in [5, 5.41) is 15.6. The molecule has 0 atom stereocenters. The number of carbonyl (C=O) groups excluding carboxylic acids is 1. The molecular weight excluding hydrogens is 350 g/mol. The fourth-order valence-corrected chi connectivity index (χ4v) is 2.71. The summed E-state index contributed by atoms with van der Waals surface area (Å²) in [6.07, 6.45) is 1.45. The van der Waals surface area contributed by atoms with Crippen molar-refractivity contribution in [1.82, 2.24) is 9.78 Å². The van der Waals surface area contributed by atoms with Gasteiger partial charge in [-0.3, -0.25) is 14.9 Å². The number of rotatable bonds is 2. The van der Waals surface area contributed by atoms with Crippen LogP contribution in [0.15, 0.2) is 47.1 Å². The van der Waals surface area contributed by atoms with Gasteiger partial charge in [-0.25, -0.2) is 0 Å². The number of hydrogen-bond donors (Lipinski definition) is 0. The Hall–Kier alpha value is -2.54. The number of carbonyl (C=O) groups is 1. The average Bonchev–Trinajstić information content (AvgIpc) is 2.88. The van der Waals surface area contributed by atoms with Gasteiger partial charge in [0.2, 0.25) is 0 Å². The average molecular weight is 360 g/mol. The van der Waals surface area contributed by atoms with Gasteiger partial charge in [-0.2, -0.15) is 9.78 Å². The molecule has 3 rings (SSSR count). The van der Waals surface area contributed by atoms with Gasteiger partial charge in [0.1, 0.15) is 0 Å². The topological polar surface area (TPSA) is 78.0 Å². The van der Waals surface area contributed by atoms with Gasteiger partial charge in [-0.05, 0) is 41.1 Å². The highest BCUT2D eigenvalue weighted by atomic mass is 79.9. The molecule has 0 fully saturated rings. The van der Waals surface area contributed by atoms with Crippen molar-refractivity contribution in [2.24, 2.45) is 0 Å². The van der Waals surface area contributed by atoms with E-state index in [1.165, 1.54) is 23.0 Å². The molecule has 2 aromatic carbocycles. The number of nitro benzene ring substituents is 1. The molecule has 7 heteroatoms. The third kappa shape index (κ3) is 2.39. The summed E-state index contributed by atoms with van der Waals surface area (Å²) in [4.78, 5) is 23.0. The maximum atomic E-state index is 12.6. The van der Waals surface area contributed by atoms with Gasteiger partial charge in [0, 0.05) is 17.0 Å². The zero-order chi connectivity index (χ0) is 15.9. The Bertz CT molecular complexity index is 918. The SMILES string of the molecule is Cc1cccc(C(=O)n2ncc3cc([N+](=O)[O-])c(Br)cc32)c1. The van der Waals surface area contributed by atoms with Gasteiger partial charge in [0.25, 0.3) is 11.6 Å². The number of fused-ring (bicyclic) bond motifs is 1. The Morgan fingerprint density at radius 3 is 2.77 bits per heavy atom. The zero-order valence-electron chi connectivity index (χ0n) is 11.5. The third-order valence-corrected chi connectivity index (χ3v) is 3.93. The van der Waals surface area contributed by atoms with Gasteiger partial charge in [-0.15, -0.1) is 0 Å². The molecule has 3 aromatic rings. The number of aromatic nitrogens is 2. The second-order valence-electron chi connectivity index (χ2n) is 4.85. The van der Waals surface area contributed by atoms with Crippen LogP contribution in [0.4, 0.5) is 5.69 Å². The summed E-state index contributed by atoms with van der Waals surface area (Å²) in [6.45, 7) is 1.90. The Labute approximate surface area is 133 Å². The molecule has 0 radical (unpaired) electrons. The molecule has 0 bridgehead atoms. The molecule has 0 aliphatic heterocycles. The van der Waals surface area contributed by atoms with Crippen molar-refractivity contribution in [3.8, 4) is 0 Å². The van der Waals surface area contributed by atoms with E-state index in [2.05, 4.69) is 21.0 Å². The zero-order valence-corrected chi connectivity index (χ0v) is 13.1. The largest absolute Gasteiger partial charge is 0.284 e. The number of halogens is 1. The van der Waals surface area contributed by atoms with E-state index in [-0.39, 0.29) is 11.6 Å². The van der Waals surface area contributed by atoms with Crippen molar-refractivity contribution in [1.29, 1.82) is 0 Å². The predicted octanol–water partition coefficient (Wildman–Crippen LogP) is 3.70. The molecule has 0 aliphatic carbocycles. The number of hydrogen-bond acceptors (Lipinski definition) is 4. The molecule has 1 heterocycles. The summed E-state index contributed by atoms with van der Waals surface area (Å²) in [7, 11) is 0. The van der Waals surface area contributed by atoms with Gasteiger partial charge in [0.15, 0.2) is 0 Å². The van der Waals surface area contributed by atoms with Crippen molar-refractivity contribution in [3.63, 3.8) is 0 Å². The number of benzene rings is 2. The van der Waals surface area contributed by atoms with E-state index in [0.717, 1.165) is 5.56 Å². The maximum absolute atomic E-state index is 12.6. The molecule has 0 N–H and O–H groups in total. The molecule has 6 nitrogen and oxygen atoms in total. The Morgan fingerprint density at radius 2 is 2.09 bits per heavy atom. The van der Waals surface area contributed by atoms with Gasteiger partial charge in [-0.1, -0.05) is 17.7 Å². The Morgan fingerprint density at radius 1 is 1.32 bits per heavy atom. The van der Waals surface area contributed by atoms with Crippen LogP contribution in [0, 0.1) is 17.0 Å². The molecule has 1 aromatic heterocycles. The maximum Gasteiger partial charge on any atom is 0.284 e. The Kier molecular flexibility index (Phi) is 3.50. The van der Waals surface area contributed by atoms with Crippen molar-refractivity contribution in [2.45, 2.75) is 6.92 Å². The number of nitro groups is 1. The van der Waals surface area contributed by atoms with Crippen LogP contribution in [0.25, 0.3) is 10.9 Å². The molecule has 0 saturated carbocycles. The summed E-state index contributed by atoms with van der Waals surface area (Å²) in [6, 6.07) is 10.1. The number of aryl methyl sites for hydroxylation is 1. The quantitative estimate of drug-likeness (QED) is 0.516. The lowest BCUT2D eigenvalue weighted by atomic mass is 10.1. The lowest BCUT2D eigenvalue weighted by molar-refractivity contribution is -0.385. The number of nitrogens with zero attached hydrogens (tertiary/aromatic N) is 3. The molecule has 0 spiro atoms. The van der Waals surface area contributed by atoms with Crippen LogP contribution in [0.2, 0.25) is 0 Å². The van der Waals surface area contributed by atoms with Crippen LogP contribution in [-0.2, 0) is 0 Å². The van der Waals surface area contributed by atoms with Gasteiger partial charge in [0.05, 0.1) is 21.1 Å². The van der Waals surface area contributed by atoms with E-state index in [1.54, 1.807) is 18.2 Å². The first-order valence-corrected chi connectivity index (χ1v) is 7.20. The lowest BCUT2D eigenvalue weighted by Gasteiger charge is -2.04. The summed E-state index contributed by atoms with van der Waals surface area (Å²) < 4.78 is 1.56. The summed E-state index contributed by atoms with van der Waals surface area (Å²) >= 11 is 3.16. The molecule has 22 heavy (non-hydrogen) atoms. The highest BCUT2D eigenvalue weighted by Gasteiger charge is 2.18. The molecule has 0 saturated heterocycles. The van der Waals surface area contributed by atoms with E-state index in [9.17, 15) is 14.9 Å². The molecule has 0 unspecified atom stereocenters. The normalized spacial score (nSPS) is 10.8. The van der Waals surface area contributed by atoms with Crippen LogP contribution in [-0.4, -0.2) is 20.6 Å². The van der Waals surface area contributed by atoms with Crippen LogP contribution in [0.1, 0.15) is 15.9 Å². The highest BCUT2D eigenvalue weighted by molar-refractivity contribution is 9.10. The highest BCUT2D eigenvalue weighted by Crippen LogP contribution is 2.30. The van der Waals surface area contributed by atoms with E-state index in [0.29, 0.717) is 20.9 Å². The molecular formula is C15H10BrN3O3. The summed E-state index contributed by atoms with van der Waals surface area (Å²) in [5.41, 5.74) is 1.94. The fraction of sp³-hybridized carbons (Fsp3) is 0.0667. The molecule has 0 aliphatic rings. The van der Waals surface area contributed by atoms with E-state index in [4.69, 9.17) is 0 Å². The predicted molar refractivity (Wildman–Crippen MR) is 85.0 cm³/mol.